The fraction of sp³-hybridized carbons (Fsp3) is 0.300. The lowest BCUT2D eigenvalue weighted by atomic mass is 10.2. The second-order valence-corrected chi connectivity index (χ2v) is 6.89. The van der Waals surface area contributed by atoms with Crippen molar-refractivity contribution in [2.45, 2.75) is 25.9 Å². The molecule has 0 aliphatic heterocycles. The van der Waals surface area contributed by atoms with Crippen LogP contribution < -0.4 is 15.7 Å². The van der Waals surface area contributed by atoms with Crippen LogP contribution in [0.4, 0.5) is 5.82 Å². The van der Waals surface area contributed by atoms with Crippen LogP contribution in [0.2, 0.25) is 0 Å². The Morgan fingerprint density at radius 1 is 1.30 bits per heavy atom. The second-order valence-electron chi connectivity index (χ2n) is 6.89. The Morgan fingerprint density at radius 3 is 2.80 bits per heavy atom. The summed E-state index contributed by atoms with van der Waals surface area (Å²) in [4.78, 5) is 24.8. The molecule has 0 bridgehead atoms. The minimum atomic E-state index is -0.432. The number of nitrogens with one attached hydrogen (secondary N) is 2. The molecule has 10 nitrogen and oxygen atoms in total. The van der Waals surface area contributed by atoms with Gasteiger partial charge in [0.15, 0.2) is 17.3 Å². The zero-order chi connectivity index (χ0) is 21.1. The van der Waals surface area contributed by atoms with Gasteiger partial charge in [-0.3, -0.25) is 4.57 Å². The topological polar surface area (TPSA) is 131 Å². The Kier molecular flexibility index (Phi) is 5.48. The maximum absolute atomic E-state index is 12.8. The molecule has 1 aromatic carbocycles. The first-order valence-corrected chi connectivity index (χ1v) is 9.52. The molecule has 3 aromatic heterocycles. The van der Waals surface area contributed by atoms with Crippen LogP contribution in [0.15, 0.2) is 45.7 Å². The molecule has 0 spiro atoms. The van der Waals surface area contributed by atoms with Crippen molar-refractivity contribution in [2.75, 3.05) is 19.0 Å². The summed E-state index contributed by atoms with van der Waals surface area (Å²) < 4.78 is 11.9. The molecule has 3 heterocycles. The molecule has 4 rings (SSSR count). The van der Waals surface area contributed by atoms with E-state index in [4.69, 9.17) is 9.26 Å². The van der Waals surface area contributed by atoms with Gasteiger partial charge in [-0.15, -0.1) is 0 Å². The molecule has 1 unspecified atom stereocenters. The van der Waals surface area contributed by atoms with Crippen LogP contribution in [0.5, 0.6) is 5.88 Å². The third-order valence-electron chi connectivity index (χ3n) is 4.68. The van der Waals surface area contributed by atoms with Gasteiger partial charge in [-0.05, 0) is 24.1 Å². The van der Waals surface area contributed by atoms with E-state index in [2.05, 4.69) is 25.4 Å². The van der Waals surface area contributed by atoms with Gasteiger partial charge in [-0.2, -0.15) is 4.98 Å². The number of hydrogen-bond acceptors (Lipinski definition) is 8. The van der Waals surface area contributed by atoms with E-state index in [0.29, 0.717) is 47.4 Å². The molecule has 0 radical (unpaired) electrons. The van der Waals surface area contributed by atoms with Crippen LogP contribution in [0.1, 0.15) is 18.9 Å². The number of hydrogen-bond donors (Lipinski definition) is 3. The number of aromatic nitrogens is 5. The summed E-state index contributed by atoms with van der Waals surface area (Å²) in [6, 6.07) is 11.1. The molecule has 0 saturated carbocycles. The van der Waals surface area contributed by atoms with E-state index in [-0.39, 0.29) is 12.6 Å². The smallest absolute Gasteiger partial charge is 0.351 e. The molecule has 1 atom stereocenters. The van der Waals surface area contributed by atoms with Crippen molar-refractivity contribution in [3.05, 3.63) is 52.4 Å². The number of aromatic amines is 1. The number of H-pyrrole nitrogens is 1. The van der Waals surface area contributed by atoms with Gasteiger partial charge in [0.2, 0.25) is 5.76 Å². The van der Waals surface area contributed by atoms with Crippen LogP contribution in [0.3, 0.4) is 0 Å². The minimum absolute atomic E-state index is 0.0223. The molecule has 0 amide bonds. The third-order valence-corrected chi connectivity index (χ3v) is 4.68. The number of fused-ring (bicyclic) bond motifs is 1. The van der Waals surface area contributed by atoms with Gasteiger partial charge in [-0.1, -0.05) is 30.3 Å². The van der Waals surface area contributed by atoms with Gasteiger partial charge in [0, 0.05) is 12.6 Å². The van der Waals surface area contributed by atoms with Crippen molar-refractivity contribution >= 4 is 17.0 Å². The average molecular weight is 410 g/mol. The molecule has 10 heteroatoms. The number of aliphatic hydroxyl groups is 1. The van der Waals surface area contributed by atoms with Gasteiger partial charge >= 0.3 is 5.69 Å². The summed E-state index contributed by atoms with van der Waals surface area (Å²) in [5.74, 6) is 1.45. The fourth-order valence-corrected chi connectivity index (χ4v) is 3.12. The van der Waals surface area contributed by atoms with Crippen molar-refractivity contribution in [1.82, 2.24) is 24.7 Å². The van der Waals surface area contributed by atoms with Crippen molar-refractivity contribution in [1.29, 1.82) is 0 Å². The van der Waals surface area contributed by atoms with Crippen LogP contribution in [-0.4, -0.2) is 49.5 Å². The van der Waals surface area contributed by atoms with Crippen LogP contribution in [0.25, 0.3) is 22.7 Å². The molecule has 3 N–H and O–H groups in total. The first-order valence-electron chi connectivity index (χ1n) is 9.52. The standard InChI is InChI=1S/C20H22N6O4/c1-12(8-9-27)21-18-16-19(23-17(22-16)14-10-15(29-2)25-30-14)26(20(28)24-18)11-13-6-4-3-5-7-13/h3-7,10,12,27H,8-9,11H2,1-2H3,(H,22,23)(H,21,24,28). The summed E-state index contributed by atoms with van der Waals surface area (Å²) in [5.41, 5.74) is 1.50. The SMILES string of the molecule is COc1cc(-c2nc3c([nH]2)c(NC(C)CCO)nc(=O)n3Cc2ccccc2)on1. The molecule has 0 aliphatic rings. The monoisotopic (exact) mass is 410 g/mol. The highest BCUT2D eigenvalue weighted by molar-refractivity contribution is 5.85. The van der Waals surface area contributed by atoms with Crippen molar-refractivity contribution < 1.29 is 14.4 Å². The van der Waals surface area contributed by atoms with Gasteiger partial charge in [0.25, 0.3) is 5.88 Å². The lowest BCUT2D eigenvalue weighted by Gasteiger charge is -2.14. The normalized spacial score (nSPS) is 12.2. The molecular weight excluding hydrogens is 388 g/mol. The van der Waals surface area contributed by atoms with Crippen molar-refractivity contribution in [2.24, 2.45) is 0 Å². The van der Waals surface area contributed by atoms with E-state index >= 15 is 0 Å². The summed E-state index contributed by atoms with van der Waals surface area (Å²) in [6.07, 6.45) is 0.510. The maximum atomic E-state index is 12.8. The summed E-state index contributed by atoms with van der Waals surface area (Å²) in [5, 5.41) is 16.2. The maximum Gasteiger partial charge on any atom is 0.351 e. The largest absolute Gasteiger partial charge is 0.479 e. The van der Waals surface area contributed by atoms with Gasteiger partial charge in [0.1, 0.15) is 5.52 Å². The molecule has 0 saturated heterocycles. The zero-order valence-corrected chi connectivity index (χ0v) is 16.6. The Labute approximate surface area is 171 Å². The number of nitrogens with zero attached hydrogens (tertiary/aromatic N) is 4. The Morgan fingerprint density at radius 2 is 2.10 bits per heavy atom. The first kappa shape index (κ1) is 19.6. The molecule has 30 heavy (non-hydrogen) atoms. The van der Waals surface area contributed by atoms with E-state index in [0.717, 1.165) is 5.56 Å². The Hall–Kier alpha value is -3.66. The predicted molar refractivity (Wildman–Crippen MR) is 111 cm³/mol. The number of ether oxygens (including phenoxy) is 1. The van der Waals surface area contributed by atoms with Gasteiger partial charge < -0.3 is 24.7 Å². The predicted octanol–water partition coefficient (Wildman–Crippen LogP) is 2.01. The first-order chi connectivity index (χ1) is 14.6. The Bertz CT molecular complexity index is 1200. The highest BCUT2D eigenvalue weighted by Gasteiger charge is 2.20. The van der Waals surface area contributed by atoms with Crippen molar-refractivity contribution in [3.8, 4) is 17.5 Å². The molecule has 156 valence electrons. The molecular formula is C20H22N6O4. The van der Waals surface area contributed by atoms with Crippen LogP contribution >= 0.6 is 0 Å². The van der Waals surface area contributed by atoms with Crippen molar-refractivity contribution in [3.63, 3.8) is 0 Å². The minimum Gasteiger partial charge on any atom is -0.479 e. The lowest BCUT2D eigenvalue weighted by molar-refractivity contribution is 0.282. The second kappa shape index (κ2) is 8.37. The van der Waals surface area contributed by atoms with Crippen LogP contribution in [-0.2, 0) is 6.54 Å². The summed E-state index contributed by atoms with van der Waals surface area (Å²) >= 11 is 0. The summed E-state index contributed by atoms with van der Waals surface area (Å²) in [6.45, 7) is 2.24. The fourth-order valence-electron chi connectivity index (χ4n) is 3.12. The zero-order valence-electron chi connectivity index (χ0n) is 16.6. The lowest BCUT2D eigenvalue weighted by Crippen LogP contribution is -2.27. The number of anilines is 1. The molecule has 0 aliphatic carbocycles. The number of rotatable bonds is 8. The molecule has 0 fully saturated rings. The van der Waals surface area contributed by atoms with Gasteiger partial charge in [0.05, 0.1) is 19.7 Å². The number of aliphatic hydroxyl groups excluding tert-OH is 1. The van der Waals surface area contributed by atoms with Gasteiger partial charge in [-0.25, -0.2) is 9.78 Å². The number of imidazole rings is 1. The summed E-state index contributed by atoms with van der Waals surface area (Å²) in [7, 11) is 1.49. The van der Waals surface area contributed by atoms with E-state index < -0.39 is 5.69 Å². The Balaban J connectivity index is 1.84. The van der Waals surface area contributed by atoms with E-state index in [9.17, 15) is 9.90 Å². The third kappa shape index (κ3) is 3.90. The number of benzene rings is 1. The van der Waals surface area contributed by atoms with E-state index in [1.807, 2.05) is 37.3 Å². The number of methoxy groups -OCH3 is 1. The van der Waals surface area contributed by atoms with Crippen LogP contribution in [0, 0.1) is 0 Å². The van der Waals surface area contributed by atoms with E-state index in [1.165, 1.54) is 11.7 Å². The van der Waals surface area contributed by atoms with E-state index in [1.54, 1.807) is 6.07 Å². The quantitative estimate of drug-likeness (QED) is 0.402. The highest BCUT2D eigenvalue weighted by Crippen LogP contribution is 2.26. The average Bonchev–Trinajstić information content (AvgIpc) is 3.39. The molecule has 4 aromatic rings. The highest BCUT2D eigenvalue weighted by atomic mass is 16.5.